The Morgan fingerprint density at radius 1 is 1.19 bits per heavy atom. The molecular formula is C23H27N3O. The second-order valence-corrected chi connectivity index (χ2v) is 7.67. The summed E-state index contributed by atoms with van der Waals surface area (Å²) < 4.78 is 2.01. The van der Waals surface area contributed by atoms with E-state index in [9.17, 15) is 4.79 Å². The molecule has 140 valence electrons. The number of imidazole rings is 1. The maximum absolute atomic E-state index is 12.9. The number of fused-ring (bicyclic) bond motifs is 1. The highest BCUT2D eigenvalue weighted by molar-refractivity contribution is 5.78. The number of hydrogen-bond acceptors (Lipinski definition) is 2. The van der Waals surface area contributed by atoms with Crippen LogP contribution in [0.1, 0.15) is 36.1 Å². The van der Waals surface area contributed by atoms with Gasteiger partial charge in [0.15, 0.2) is 0 Å². The van der Waals surface area contributed by atoms with E-state index in [0.717, 1.165) is 43.7 Å². The lowest BCUT2D eigenvalue weighted by Gasteiger charge is -2.33. The van der Waals surface area contributed by atoms with Crippen molar-refractivity contribution in [1.29, 1.82) is 0 Å². The molecule has 3 aromatic rings. The van der Waals surface area contributed by atoms with Gasteiger partial charge in [0, 0.05) is 25.5 Å². The van der Waals surface area contributed by atoms with Gasteiger partial charge in [-0.15, -0.1) is 0 Å². The van der Waals surface area contributed by atoms with Crippen LogP contribution in [0.2, 0.25) is 0 Å². The molecule has 3 heterocycles. The summed E-state index contributed by atoms with van der Waals surface area (Å²) in [7, 11) is 0. The second kappa shape index (κ2) is 7.95. The number of piperidine rings is 1. The standard InChI is InChI=1S/C23H27N3O/c1-18-7-2-3-9-20(18)12-11-19-8-6-13-25(17-19)23(27)15-21-16-24-22-10-4-5-14-26(21)22/h2-5,7,9-10,14,16,19H,6,8,11-13,15,17H2,1H3/t19-/m0/s1. The predicted molar refractivity (Wildman–Crippen MR) is 108 cm³/mol. The van der Waals surface area contributed by atoms with Crippen LogP contribution in [0.25, 0.3) is 5.65 Å². The number of hydrogen-bond donors (Lipinski definition) is 0. The van der Waals surface area contributed by atoms with Gasteiger partial charge in [-0.2, -0.15) is 0 Å². The van der Waals surface area contributed by atoms with E-state index in [2.05, 4.69) is 41.1 Å². The monoisotopic (exact) mass is 361 g/mol. The molecule has 0 N–H and O–H groups in total. The summed E-state index contributed by atoms with van der Waals surface area (Å²) in [4.78, 5) is 19.3. The van der Waals surface area contributed by atoms with E-state index in [1.54, 1.807) is 0 Å². The molecule has 1 aliphatic heterocycles. The number of rotatable bonds is 5. The minimum atomic E-state index is 0.223. The van der Waals surface area contributed by atoms with Crippen molar-refractivity contribution in [1.82, 2.24) is 14.3 Å². The van der Waals surface area contributed by atoms with Crippen LogP contribution in [-0.2, 0) is 17.6 Å². The molecular weight excluding hydrogens is 334 g/mol. The zero-order valence-electron chi connectivity index (χ0n) is 16.0. The Morgan fingerprint density at radius 2 is 2.04 bits per heavy atom. The van der Waals surface area contributed by atoms with Crippen molar-refractivity contribution in [3.63, 3.8) is 0 Å². The molecule has 1 atom stereocenters. The molecule has 1 amide bonds. The zero-order chi connectivity index (χ0) is 18.6. The molecule has 0 bridgehead atoms. The van der Waals surface area contributed by atoms with Crippen molar-refractivity contribution in [2.75, 3.05) is 13.1 Å². The smallest absolute Gasteiger partial charge is 0.228 e. The van der Waals surface area contributed by atoms with Crippen LogP contribution in [0.5, 0.6) is 0 Å². The van der Waals surface area contributed by atoms with Gasteiger partial charge in [-0.25, -0.2) is 4.98 Å². The second-order valence-electron chi connectivity index (χ2n) is 7.67. The molecule has 4 heteroatoms. The third kappa shape index (κ3) is 4.05. The SMILES string of the molecule is Cc1ccccc1CC[C@@H]1CCCN(C(=O)Cc2cnc3ccccn23)C1. The maximum Gasteiger partial charge on any atom is 0.228 e. The number of benzene rings is 1. The van der Waals surface area contributed by atoms with Gasteiger partial charge < -0.3 is 9.30 Å². The van der Waals surface area contributed by atoms with Crippen molar-refractivity contribution in [3.8, 4) is 0 Å². The molecule has 1 aromatic carbocycles. The fourth-order valence-corrected chi connectivity index (χ4v) is 4.16. The number of pyridine rings is 1. The summed E-state index contributed by atoms with van der Waals surface area (Å²) in [5.74, 6) is 0.825. The molecule has 27 heavy (non-hydrogen) atoms. The Labute approximate surface area is 160 Å². The van der Waals surface area contributed by atoms with Crippen LogP contribution < -0.4 is 0 Å². The van der Waals surface area contributed by atoms with Crippen molar-refractivity contribution in [2.24, 2.45) is 5.92 Å². The molecule has 4 nitrogen and oxygen atoms in total. The van der Waals surface area contributed by atoms with E-state index in [-0.39, 0.29) is 5.91 Å². The van der Waals surface area contributed by atoms with E-state index in [0.29, 0.717) is 12.3 Å². The van der Waals surface area contributed by atoms with Gasteiger partial charge in [-0.3, -0.25) is 4.79 Å². The van der Waals surface area contributed by atoms with Crippen LogP contribution in [0.3, 0.4) is 0 Å². The number of aromatic nitrogens is 2. The molecule has 0 saturated carbocycles. The topological polar surface area (TPSA) is 37.6 Å². The number of carbonyl (C=O) groups excluding carboxylic acids is 1. The van der Waals surface area contributed by atoms with Crippen molar-refractivity contribution < 1.29 is 4.79 Å². The summed E-state index contributed by atoms with van der Waals surface area (Å²) in [5.41, 5.74) is 4.67. The predicted octanol–water partition coefficient (Wildman–Crippen LogP) is 4.06. The van der Waals surface area contributed by atoms with E-state index >= 15 is 0 Å². The average molecular weight is 361 g/mol. The lowest BCUT2D eigenvalue weighted by atomic mass is 9.90. The Hall–Kier alpha value is -2.62. The number of aryl methyl sites for hydroxylation is 2. The number of amides is 1. The fourth-order valence-electron chi connectivity index (χ4n) is 4.16. The summed E-state index contributed by atoms with van der Waals surface area (Å²) in [6.07, 6.45) is 8.83. The molecule has 0 radical (unpaired) electrons. The first-order chi connectivity index (χ1) is 13.2. The molecule has 0 spiro atoms. The molecule has 1 saturated heterocycles. The first-order valence-electron chi connectivity index (χ1n) is 9.94. The summed E-state index contributed by atoms with van der Waals surface area (Å²) in [5, 5.41) is 0. The van der Waals surface area contributed by atoms with Gasteiger partial charge in [-0.1, -0.05) is 30.3 Å². The van der Waals surface area contributed by atoms with E-state index < -0.39 is 0 Å². The van der Waals surface area contributed by atoms with Crippen molar-refractivity contribution >= 4 is 11.6 Å². The third-order valence-corrected chi connectivity index (χ3v) is 5.78. The third-order valence-electron chi connectivity index (χ3n) is 5.78. The highest BCUT2D eigenvalue weighted by Crippen LogP contribution is 2.23. The average Bonchev–Trinajstić information content (AvgIpc) is 3.10. The number of likely N-dealkylation sites (tertiary alicyclic amines) is 1. The summed E-state index contributed by atoms with van der Waals surface area (Å²) in [6, 6.07) is 14.5. The molecule has 0 aliphatic carbocycles. The number of nitrogens with zero attached hydrogens (tertiary/aromatic N) is 3. The van der Waals surface area contributed by atoms with Gasteiger partial charge >= 0.3 is 0 Å². The Bertz CT molecular complexity index is 930. The zero-order valence-corrected chi connectivity index (χ0v) is 16.0. The van der Waals surface area contributed by atoms with Crippen molar-refractivity contribution in [3.05, 3.63) is 71.7 Å². The molecule has 4 rings (SSSR count). The first kappa shape index (κ1) is 17.8. The largest absolute Gasteiger partial charge is 0.342 e. The van der Waals surface area contributed by atoms with Gasteiger partial charge in [0.05, 0.1) is 12.1 Å². The van der Waals surface area contributed by atoms with Gasteiger partial charge in [0.2, 0.25) is 5.91 Å². The lowest BCUT2D eigenvalue weighted by molar-refractivity contribution is -0.132. The first-order valence-corrected chi connectivity index (χ1v) is 9.94. The Morgan fingerprint density at radius 3 is 2.93 bits per heavy atom. The summed E-state index contributed by atoms with van der Waals surface area (Å²) >= 11 is 0. The minimum absolute atomic E-state index is 0.223. The Balaban J connectivity index is 1.36. The van der Waals surface area contributed by atoms with Gasteiger partial charge in [0.1, 0.15) is 5.65 Å². The fraction of sp³-hybridized carbons (Fsp3) is 0.391. The van der Waals surface area contributed by atoms with Crippen LogP contribution in [0.15, 0.2) is 54.9 Å². The van der Waals surface area contributed by atoms with Crippen LogP contribution in [0, 0.1) is 12.8 Å². The lowest BCUT2D eigenvalue weighted by Crippen LogP contribution is -2.41. The molecule has 1 aliphatic rings. The van der Waals surface area contributed by atoms with Gasteiger partial charge in [0.25, 0.3) is 0 Å². The quantitative estimate of drug-likeness (QED) is 0.687. The highest BCUT2D eigenvalue weighted by Gasteiger charge is 2.24. The van der Waals surface area contributed by atoms with Crippen molar-refractivity contribution in [2.45, 2.75) is 39.0 Å². The van der Waals surface area contributed by atoms with Gasteiger partial charge in [-0.05, 0) is 61.8 Å². The van der Waals surface area contributed by atoms with Crippen LogP contribution in [-0.4, -0.2) is 33.3 Å². The van der Waals surface area contributed by atoms with Crippen LogP contribution >= 0.6 is 0 Å². The Kier molecular flexibility index (Phi) is 5.23. The minimum Gasteiger partial charge on any atom is -0.342 e. The molecule has 1 fully saturated rings. The highest BCUT2D eigenvalue weighted by atomic mass is 16.2. The van der Waals surface area contributed by atoms with E-state index in [4.69, 9.17) is 0 Å². The normalized spacial score (nSPS) is 17.4. The van der Waals surface area contributed by atoms with Crippen LogP contribution in [0.4, 0.5) is 0 Å². The molecule has 0 unspecified atom stereocenters. The summed E-state index contributed by atoms with van der Waals surface area (Å²) in [6.45, 7) is 3.96. The van der Waals surface area contributed by atoms with E-state index in [1.807, 2.05) is 35.0 Å². The maximum atomic E-state index is 12.9. The molecule has 2 aromatic heterocycles. The number of carbonyl (C=O) groups is 1. The van der Waals surface area contributed by atoms with E-state index in [1.165, 1.54) is 17.5 Å².